The Morgan fingerprint density at radius 3 is 1.77 bits per heavy atom. The van der Waals surface area contributed by atoms with Gasteiger partial charge in [0.15, 0.2) is 0 Å². The molecule has 0 radical (unpaired) electrons. The predicted molar refractivity (Wildman–Crippen MR) is 120 cm³/mol. The number of nitrogens with zero attached hydrogens (tertiary/aromatic N) is 4. The highest BCUT2D eigenvalue weighted by molar-refractivity contribution is 5.93. The molecule has 30 heavy (non-hydrogen) atoms. The predicted octanol–water partition coefficient (Wildman–Crippen LogP) is 0.808. The van der Waals surface area contributed by atoms with Crippen LogP contribution >= 0.6 is 0 Å². The molecule has 2 rings (SSSR count). The standard InChI is InChI=1S/C22H37N5O3/c1-18-6-5-7-19(2)22(18)23-20(28)16-26-12-10-24(3)8-9-25(4)11-13-27(15-14-26)17-21(29)30/h5-7H,8-17H2,1-4H3,(H,23,28)(H,29,30). The monoisotopic (exact) mass is 419 g/mol. The summed E-state index contributed by atoms with van der Waals surface area (Å²) in [4.78, 5) is 32.6. The number of para-hydroxylation sites is 1. The number of aryl methyl sites for hydroxylation is 2. The first-order valence-electron chi connectivity index (χ1n) is 10.6. The van der Waals surface area contributed by atoms with Crippen LogP contribution in [-0.4, -0.2) is 116 Å². The Bertz CT molecular complexity index is 692. The van der Waals surface area contributed by atoms with Crippen molar-refractivity contribution in [2.45, 2.75) is 13.8 Å². The van der Waals surface area contributed by atoms with Gasteiger partial charge in [-0.2, -0.15) is 0 Å². The van der Waals surface area contributed by atoms with Gasteiger partial charge in [0, 0.05) is 58.0 Å². The maximum Gasteiger partial charge on any atom is 0.317 e. The molecule has 1 aliphatic heterocycles. The number of likely N-dealkylation sites (N-methyl/N-ethyl adjacent to an activating group) is 2. The number of benzene rings is 1. The number of carbonyl (C=O) groups excluding carboxylic acids is 1. The Morgan fingerprint density at radius 2 is 1.27 bits per heavy atom. The fourth-order valence-electron chi connectivity index (χ4n) is 3.60. The van der Waals surface area contributed by atoms with Crippen molar-refractivity contribution in [1.29, 1.82) is 0 Å². The van der Waals surface area contributed by atoms with Crippen molar-refractivity contribution in [1.82, 2.24) is 19.6 Å². The van der Waals surface area contributed by atoms with Gasteiger partial charge in [0.25, 0.3) is 0 Å². The zero-order valence-corrected chi connectivity index (χ0v) is 18.9. The number of carbonyl (C=O) groups is 2. The topological polar surface area (TPSA) is 79.4 Å². The maximum atomic E-state index is 12.8. The molecule has 8 heteroatoms. The van der Waals surface area contributed by atoms with Crippen molar-refractivity contribution >= 4 is 17.6 Å². The molecule has 0 bridgehead atoms. The van der Waals surface area contributed by atoms with E-state index in [-0.39, 0.29) is 12.5 Å². The van der Waals surface area contributed by atoms with E-state index in [9.17, 15) is 14.7 Å². The normalized spacial score (nSPS) is 19.1. The summed E-state index contributed by atoms with van der Waals surface area (Å²) in [5.74, 6) is -0.851. The van der Waals surface area contributed by atoms with E-state index in [2.05, 4.69) is 34.1 Å². The van der Waals surface area contributed by atoms with E-state index in [1.165, 1.54) is 0 Å². The highest BCUT2D eigenvalue weighted by Crippen LogP contribution is 2.19. The largest absolute Gasteiger partial charge is 0.480 e. The summed E-state index contributed by atoms with van der Waals surface area (Å²) >= 11 is 0. The molecule has 0 aliphatic carbocycles. The van der Waals surface area contributed by atoms with Crippen LogP contribution in [0.2, 0.25) is 0 Å². The van der Waals surface area contributed by atoms with E-state index in [1.54, 1.807) is 0 Å². The van der Waals surface area contributed by atoms with Crippen molar-refractivity contribution in [2.24, 2.45) is 0 Å². The summed E-state index contributed by atoms with van der Waals surface area (Å²) in [6.07, 6.45) is 0. The van der Waals surface area contributed by atoms with Crippen LogP contribution in [0.4, 0.5) is 5.69 Å². The lowest BCUT2D eigenvalue weighted by atomic mass is 10.1. The summed E-state index contributed by atoms with van der Waals surface area (Å²) in [5.41, 5.74) is 2.98. The molecule has 0 unspecified atom stereocenters. The molecule has 0 aromatic heterocycles. The Balaban J connectivity index is 2.03. The van der Waals surface area contributed by atoms with E-state index in [4.69, 9.17) is 0 Å². The van der Waals surface area contributed by atoms with E-state index >= 15 is 0 Å². The lowest BCUT2D eigenvalue weighted by Crippen LogP contribution is -2.47. The number of rotatable bonds is 5. The molecular formula is C22H37N5O3. The average Bonchev–Trinajstić information content (AvgIpc) is 2.67. The third-order valence-corrected chi connectivity index (χ3v) is 5.66. The Kier molecular flexibility index (Phi) is 9.71. The molecule has 1 aliphatic rings. The molecule has 2 N–H and O–H groups in total. The second-order valence-electron chi connectivity index (χ2n) is 8.37. The number of carboxylic acid groups (broad SMARTS) is 1. The summed E-state index contributed by atoms with van der Waals surface area (Å²) in [6, 6.07) is 5.98. The van der Waals surface area contributed by atoms with Gasteiger partial charge in [-0.05, 0) is 39.1 Å². The molecule has 8 nitrogen and oxygen atoms in total. The lowest BCUT2D eigenvalue weighted by molar-refractivity contribution is -0.138. The Labute approximate surface area is 180 Å². The third kappa shape index (κ3) is 8.39. The van der Waals surface area contributed by atoms with Crippen molar-refractivity contribution in [3.05, 3.63) is 29.3 Å². The van der Waals surface area contributed by atoms with Crippen molar-refractivity contribution in [2.75, 3.05) is 84.9 Å². The molecular weight excluding hydrogens is 382 g/mol. The fourth-order valence-corrected chi connectivity index (χ4v) is 3.60. The summed E-state index contributed by atoms with van der Waals surface area (Å²) in [7, 11) is 4.17. The van der Waals surface area contributed by atoms with E-state index in [0.29, 0.717) is 26.2 Å². The molecule has 1 aromatic carbocycles. The van der Waals surface area contributed by atoms with Gasteiger partial charge in [-0.3, -0.25) is 19.4 Å². The minimum atomic E-state index is -0.816. The maximum absolute atomic E-state index is 12.8. The molecule has 1 amide bonds. The molecule has 1 aromatic rings. The number of hydrogen-bond donors (Lipinski definition) is 2. The van der Waals surface area contributed by atoms with Gasteiger partial charge in [-0.25, -0.2) is 0 Å². The van der Waals surface area contributed by atoms with Crippen LogP contribution in [0.5, 0.6) is 0 Å². The van der Waals surface area contributed by atoms with Gasteiger partial charge < -0.3 is 20.2 Å². The van der Waals surface area contributed by atoms with Gasteiger partial charge in [0.2, 0.25) is 5.91 Å². The van der Waals surface area contributed by atoms with Crippen LogP contribution in [0.3, 0.4) is 0 Å². The van der Waals surface area contributed by atoms with Crippen LogP contribution in [0.15, 0.2) is 18.2 Å². The number of hydrogen-bond acceptors (Lipinski definition) is 6. The van der Waals surface area contributed by atoms with Gasteiger partial charge in [-0.15, -0.1) is 0 Å². The number of nitrogens with one attached hydrogen (secondary N) is 1. The molecule has 1 fully saturated rings. The highest BCUT2D eigenvalue weighted by Gasteiger charge is 2.18. The number of aliphatic carboxylic acids is 1. The van der Waals surface area contributed by atoms with Crippen molar-refractivity contribution < 1.29 is 14.7 Å². The van der Waals surface area contributed by atoms with Gasteiger partial charge in [0.1, 0.15) is 0 Å². The van der Waals surface area contributed by atoms with Crippen LogP contribution < -0.4 is 5.32 Å². The molecule has 1 heterocycles. The number of carboxylic acids is 1. The van der Waals surface area contributed by atoms with Gasteiger partial charge in [0.05, 0.1) is 13.1 Å². The average molecular weight is 420 g/mol. The lowest BCUT2D eigenvalue weighted by Gasteiger charge is -2.31. The van der Waals surface area contributed by atoms with Gasteiger partial charge >= 0.3 is 5.97 Å². The van der Waals surface area contributed by atoms with Crippen molar-refractivity contribution in [3.63, 3.8) is 0 Å². The fraction of sp³-hybridized carbons (Fsp3) is 0.636. The SMILES string of the molecule is Cc1cccc(C)c1NC(=O)CN1CCN(C)CCN(C)CCN(CC(=O)O)CC1. The first-order chi connectivity index (χ1) is 14.2. The minimum Gasteiger partial charge on any atom is -0.480 e. The third-order valence-electron chi connectivity index (χ3n) is 5.66. The first kappa shape index (κ1) is 24.3. The molecule has 0 saturated carbocycles. The molecule has 0 spiro atoms. The molecule has 168 valence electrons. The Morgan fingerprint density at radius 1 is 0.833 bits per heavy atom. The van der Waals surface area contributed by atoms with Crippen molar-refractivity contribution in [3.8, 4) is 0 Å². The molecule has 1 saturated heterocycles. The van der Waals surface area contributed by atoms with Crippen LogP contribution in [0.1, 0.15) is 11.1 Å². The first-order valence-corrected chi connectivity index (χ1v) is 10.6. The highest BCUT2D eigenvalue weighted by atomic mass is 16.4. The second kappa shape index (κ2) is 12.0. The summed E-state index contributed by atoms with van der Waals surface area (Å²) in [5, 5.41) is 12.3. The van der Waals surface area contributed by atoms with Crippen LogP contribution in [0.25, 0.3) is 0 Å². The van der Waals surface area contributed by atoms with E-state index in [1.807, 2.05) is 36.9 Å². The van der Waals surface area contributed by atoms with Crippen LogP contribution in [0, 0.1) is 13.8 Å². The zero-order chi connectivity index (χ0) is 22.1. The summed E-state index contributed by atoms with van der Waals surface area (Å²) < 4.78 is 0. The Hall–Kier alpha value is -2.00. The molecule has 0 atom stereocenters. The quantitative estimate of drug-likeness (QED) is 0.731. The number of anilines is 1. The minimum absolute atomic E-state index is 0.0240. The van der Waals surface area contributed by atoms with Crippen LogP contribution in [-0.2, 0) is 9.59 Å². The number of amides is 1. The summed E-state index contributed by atoms with van der Waals surface area (Å²) in [6.45, 7) is 10.6. The zero-order valence-electron chi connectivity index (χ0n) is 18.9. The van der Waals surface area contributed by atoms with E-state index < -0.39 is 5.97 Å². The van der Waals surface area contributed by atoms with E-state index in [0.717, 1.165) is 49.5 Å². The second-order valence-corrected chi connectivity index (χ2v) is 8.37. The van der Waals surface area contributed by atoms with Gasteiger partial charge in [-0.1, -0.05) is 18.2 Å². The smallest absolute Gasteiger partial charge is 0.317 e.